The zero-order chi connectivity index (χ0) is 11.1. The van der Waals surface area contributed by atoms with Crippen LogP contribution in [0.15, 0.2) is 30.3 Å². The topological polar surface area (TPSA) is 17.1 Å². The van der Waals surface area contributed by atoms with Crippen molar-refractivity contribution in [2.45, 2.75) is 25.4 Å². The van der Waals surface area contributed by atoms with E-state index in [1.807, 2.05) is 30.3 Å². The van der Waals surface area contributed by atoms with Gasteiger partial charge in [0.25, 0.3) is 0 Å². The molecule has 1 aromatic rings. The number of halogens is 2. The molecule has 1 aromatic carbocycles. The summed E-state index contributed by atoms with van der Waals surface area (Å²) in [6, 6.07) is 9.85. The highest BCUT2D eigenvalue weighted by Gasteiger charge is 2.14. The summed E-state index contributed by atoms with van der Waals surface area (Å²) >= 11 is 5.25. The van der Waals surface area contributed by atoms with E-state index in [2.05, 4.69) is 0 Å². The summed E-state index contributed by atoms with van der Waals surface area (Å²) in [4.78, 5) is 11.1. The summed E-state index contributed by atoms with van der Waals surface area (Å²) in [5.74, 6) is -0.620. The second-order valence-corrected chi connectivity index (χ2v) is 3.74. The summed E-state index contributed by atoms with van der Waals surface area (Å²) in [7, 11) is 0. The van der Waals surface area contributed by atoms with Crippen molar-refractivity contribution in [2.24, 2.45) is 0 Å². The normalized spacial score (nSPS) is 12.4. The van der Waals surface area contributed by atoms with Crippen LogP contribution in [0.5, 0.6) is 0 Å². The minimum atomic E-state index is -1.50. The predicted molar refractivity (Wildman–Crippen MR) is 60.0 cm³/mol. The van der Waals surface area contributed by atoms with E-state index in [-0.39, 0.29) is 18.1 Å². The standard InChI is InChI=1S/C12H14ClFO/c13-9-11(14)12(15)8-4-7-10-5-2-1-3-6-10/h1-3,5-6,11H,4,7-9H2. The van der Waals surface area contributed by atoms with Crippen LogP contribution >= 0.6 is 11.6 Å². The maximum Gasteiger partial charge on any atom is 0.171 e. The molecule has 0 fully saturated rings. The van der Waals surface area contributed by atoms with Crippen molar-refractivity contribution in [3.63, 3.8) is 0 Å². The Kier molecular flexibility index (Phi) is 5.33. The van der Waals surface area contributed by atoms with Crippen molar-refractivity contribution in [1.82, 2.24) is 0 Å². The van der Waals surface area contributed by atoms with Crippen LogP contribution in [0.25, 0.3) is 0 Å². The lowest BCUT2D eigenvalue weighted by Gasteiger charge is -2.03. The maximum atomic E-state index is 12.8. The van der Waals surface area contributed by atoms with Crippen LogP contribution in [0.3, 0.4) is 0 Å². The average molecular weight is 229 g/mol. The molecule has 0 amide bonds. The number of Topliss-reactive ketones (excluding diaryl/α,β-unsaturated/α-hetero) is 1. The smallest absolute Gasteiger partial charge is 0.171 e. The summed E-state index contributed by atoms with van der Waals surface area (Å²) in [6.07, 6.45) is 0.257. The van der Waals surface area contributed by atoms with Crippen LogP contribution in [0.1, 0.15) is 18.4 Å². The lowest BCUT2D eigenvalue weighted by molar-refractivity contribution is -0.123. The summed E-state index contributed by atoms with van der Waals surface area (Å²) in [5.41, 5.74) is 1.17. The highest BCUT2D eigenvalue weighted by molar-refractivity contribution is 6.19. The number of carbonyl (C=O) groups excluding carboxylic acids is 1. The molecule has 1 nitrogen and oxygen atoms in total. The first-order valence-corrected chi connectivity index (χ1v) is 5.54. The third-order valence-corrected chi connectivity index (χ3v) is 2.49. The van der Waals surface area contributed by atoms with E-state index in [9.17, 15) is 9.18 Å². The molecular formula is C12H14ClFO. The van der Waals surface area contributed by atoms with Crippen LogP contribution in [0.4, 0.5) is 4.39 Å². The molecule has 0 heterocycles. The zero-order valence-electron chi connectivity index (χ0n) is 8.46. The molecule has 0 aliphatic heterocycles. The number of benzene rings is 1. The van der Waals surface area contributed by atoms with Gasteiger partial charge in [0.1, 0.15) is 0 Å². The van der Waals surface area contributed by atoms with Crippen molar-refractivity contribution < 1.29 is 9.18 Å². The van der Waals surface area contributed by atoms with Crippen LogP contribution in [0, 0.1) is 0 Å². The number of hydrogen-bond acceptors (Lipinski definition) is 1. The Hall–Kier alpha value is -0.890. The fourth-order valence-electron chi connectivity index (χ4n) is 1.35. The fourth-order valence-corrected chi connectivity index (χ4v) is 1.53. The van der Waals surface area contributed by atoms with Gasteiger partial charge in [0.2, 0.25) is 0 Å². The summed E-state index contributed by atoms with van der Waals surface area (Å²) in [5, 5.41) is 0. The Labute approximate surface area is 94.3 Å². The molecule has 1 unspecified atom stereocenters. The van der Waals surface area contributed by atoms with Crippen LogP contribution in [-0.2, 0) is 11.2 Å². The van der Waals surface area contributed by atoms with E-state index in [0.29, 0.717) is 6.42 Å². The van der Waals surface area contributed by atoms with Gasteiger partial charge in [0.05, 0.1) is 5.88 Å². The number of alkyl halides is 2. The van der Waals surface area contributed by atoms with Gasteiger partial charge in [-0.15, -0.1) is 11.6 Å². The van der Waals surface area contributed by atoms with E-state index >= 15 is 0 Å². The molecule has 0 N–H and O–H groups in total. The molecule has 0 bridgehead atoms. The van der Waals surface area contributed by atoms with Gasteiger partial charge >= 0.3 is 0 Å². The molecule has 0 radical (unpaired) electrons. The van der Waals surface area contributed by atoms with Crippen LogP contribution < -0.4 is 0 Å². The molecule has 0 aliphatic carbocycles. The monoisotopic (exact) mass is 228 g/mol. The van der Waals surface area contributed by atoms with E-state index in [1.165, 1.54) is 5.56 Å². The number of rotatable bonds is 6. The third kappa shape index (κ3) is 4.43. The van der Waals surface area contributed by atoms with Gasteiger partial charge in [-0.3, -0.25) is 4.79 Å². The number of carbonyl (C=O) groups is 1. The Morgan fingerprint density at radius 1 is 1.33 bits per heavy atom. The number of hydrogen-bond donors (Lipinski definition) is 0. The lowest BCUT2D eigenvalue weighted by atomic mass is 10.1. The first kappa shape index (κ1) is 12.2. The SMILES string of the molecule is O=C(CCCc1ccccc1)C(F)CCl. The first-order chi connectivity index (χ1) is 7.24. The molecular weight excluding hydrogens is 215 g/mol. The Morgan fingerprint density at radius 2 is 2.00 bits per heavy atom. The lowest BCUT2D eigenvalue weighted by Crippen LogP contribution is -2.16. The third-order valence-electron chi connectivity index (χ3n) is 2.22. The van der Waals surface area contributed by atoms with Gasteiger partial charge < -0.3 is 0 Å². The highest BCUT2D eigenvalue weighted by atomic mass is 35.5. The zero-order valence-corrected chi connectivity index (χ0v) is 9.21. The first-order valence-electron chi connectivity index (χ1n) is 5.00. The molecule has 0 aliphatic rings. The van der Waals surface area contributed by atoms with Gasteiger partial charge in [-0.1, -0.05) is 30.3 Å². The maximum absolute atomic E-state index is 12.8. The van der Waals surface area contributed by atoms with Crippen molar-refractivity contribution in [2.75, 3.05) is 5.88 Å². The van der Waals surface area contributed by atoms with Crippen molar-refractivity contribution in [1.29, 1.82) is 0 Å². The van der Waals surface area contributed by atoms with Crippen molar-refractivity contribution in [3.05, 3.63) is 35.9 Å². The molecule has 15 heavy (non-hydrogen) atoms. The quantitative estimate of drug-likeness (QED) is 0.684. The van der Waals surface area contributed by atoms with Crippen LogP contribution in [0.2, 0.25) is 0 Å². The Morgan fingerprint density at radius 3 is 2.60 bits per heavy atom. The van der Waals surface area contributed by atoms with Gasteiger partial charge in [-0.25, -0.2) is 4.39 Å². The van der Waals surface area contributed by atoms with E-state index < -0.39 is 6.17 Å². The molecule has 0 saturated carbocycles. The summed E-state index contributed by atoms with van der Waals surface area (Å²) in [6.45, 7) is 0. The Balaban J connectivity index is 2.25. The molecule has 1 rings (SSSR count). The molecule has 3 heteroatoms. The second kappa shape index (κ2) is 6.57. The largest absolute Gasteiger partial charge is 0.296 e. The predicted octanol–water partition coefficient (Wildman–Crippen LogP) is 3.16. The second-order valence-electron chi connectivity index (χ2n) is 3.43. The Bertz CT molecular complexity index is 300. The minimum Gasteiger partial charge on any atom is -0.296 e. The molecule has 82 valence electrons. The van der Waals surface area contributed by atoms with Gasteiger partial charge in [-0.05, 0) is 18.4 Å². The minimum absolute atomic E-state index is 0.232. The van der Waals surface area contributed by atoms with Crippen LogP contribution in [-0.4, -0.2) is 17.8 Å². The van der Waals surface area contributed by atoms with E-state index in [4.69, 9.17) is 11.6 Å². The highest BCUT2D eigenvalue weighted by Crippen LogP contribution is 2.07. The van der Waals surface area contributed by atoms with Crippen molar-refractivity contribution >= 4 is 17.4 Å². The van der Waals surface area contributed by atoms with Crippen molar-refractivity contribution in [3.8, 4) is 0 Å². The van der Waals surface area contributed by atoms with Gasteiger partial charge in [0.15, 0.2) is 12.0 Å². The number of ketones is 1. The average Bonchev–Trinajstić information content (AvgIpc) is 2.29. The van der Waals surface area contributed by atoms with E-state index in [1.54, 1.807) is 0 Å². The molecule has 0 spiro atoms. The summed E-state index contributed by atoms with van der Waals surface area (Å²) < 4.78 is 12.8. The van der Waals surface area contributed by atoms with E-state index in [0.717, 1.165) is 6.42 Å². The van der Waals surface area contributed by atoms with Gasteiger partial charge in [-0.2, -0.15) is 0 Å². The number of aryl methyl sites for hydroxylation is 1. The molecule has 0 saturated heterocycles. The molecule has 0 aromatic heterocycles. The fraction of sp³-hybridized carbons (Fsp3) is 0.417. The van der Waals surface area contributed by atoms with Gasteiger partial charge in [0, 0.05) is 6.42 Å². The molecule has 1 atom stereocenters.